The summed E-state index contributed by atoms with van der Waals surface area (Å²) in [6, 6.07) is 12.9. The molecule has 26 heavy (non-hydrogen) atoms. The highest BCUT2D eigenvalue weighted by atomic mass is 16.5. The minimum atomic E-state index is -0.378. The summed E-state index contributed by atoms with van der Waals surface area (Å²) in [4.78, 5) is 30.6. The van der Waals surface area contributed by atoms with Gasteiger partial charge in [0.15, 0.2) is 0 Å². The van der Waals surface area contributed by atoms with E-state index in [1.165, 1.54) is 18.9 Å². The molecule has 0 radical (unpaired) electrons. The largest absolute Gasteiger partial charge is 0.495 e. The van der Waals surface area contributed by atoms with Gasteiger partial charge in [-0.1, -0.05) is 18.2 Å². The summed E-state index contributed by atoms with van der Waals surface area (Å²) in [7, 11) is 3.45. The zero-order chi connectivity index (χ0) is 18.4. The van der Waals surface area contributed by atoms with Crippen LogP contribution in [0.3, 0.4) is 0 Å². The number of aromatic nitrogens is 2. The molecule has 0 bridgehead atoms. The van der Waals surface area contributed by atoms with Gasteiger partial charge in [-0.3, -0.25) is 9.59 Å². The van der Waals surface area contributed by atoms with Crippen LogP contribution in [0.2, 0.25) is 0 Å². The molecule has 1 aromatic heterocycles. The second-order valence-electron chi connectivity index (χ2n) is 6.14. The lowest BCUT2D eigenvalue weighted by molar-refractivity contribution is -0.122. The summed E-state index contributed by atoms with van der Waals surface area (Å²) in [5.41, 5.74) is 4.18. The maximum absolute atomic E-state index is 13.0. The Morgan fingerprint density at radius 1 is 1.15 bits per heavy atom. The van der Waals surface area contributed by atoms with Crippen molar-refractivity contribution in [1.29, 1.82) is 0 Å². The fourth-order valence-electron chi connectivity index (χ4n) is 3.39. The van der Waals surface area contributed by atoms with E-state index in [2.05, 4.69) is 4.98 Å². The third-order valence-electron chi connectivity index (χ3n) is 4.56. The van der Waals surface area contributed by atoms with E-state index < -0.39 is 0 Å². The van der Waals surface area contributed by atoms with E-state index in [4.69, 9.17) is 4.74 Å². The Morgan fingerprint density at radius 3 is 2.65 bits per heavy atom. The monoisotopic (exact) mass is 347 g/mol. The molecule has 0 saturated carbocycles. The van der Waals surface area contributed by atoms with Crippen molar-refractivity contribution in [3.8, 4) is 0 Å². The third kappa shape index (κ3) is 2.23. The highest BCUT2D eigenvalue weighted by molar-refractivity contribution is 6.42. The number of hydrogen-bond donors (Lipinski definition) is 0. The maximum atomic E-state index is 13.0. The summed E-state index contributed by atoms with van der Waals surface area (Å²) >= 11 is 0. The van der Waals surface area contributed by atoms with E-state index in [0.717, 1.165) is 16.6 Å². The molecule has 1 aliphatic heterocycles. The molecule has 6 heteroatoms. The molecule has 3 aromatic rings. The van der Waals surface area contributed by atoms with E-state index in [9.17, 15) is 9.59 Å². The highest BCUT2D eigenvalue weighted by Gasteiger charge is 2.37. The molecule has 6 nitrogen and oxygen atoms in total. The van der Waals surface area contributed by atoms with Gasteiger partial charge in [0, 0.05) is 25.1 Å². The van der Waals surface area contributed by atoms with Gasteiger partial charge in [0.25, 0.3) is 5.91 Å². The first-order valence-corrected chi connectivity index (χ1v) is 8.17. The molecule has 130 valence electrons. The van der Waals surface area contributed by atoms with E-state index in [-0.39, 0.29) is 11.8 Å². The number of amides is 2. The minimum Gasteiger partial charge on any atom is -0.495 e. The van der Waals surface area contributed by atoms with Gasteiger partial charge in [-0.2, -0.15) is 0 Å². The quantitative estimate of drug-likeness (QED) is 0.528. The summed E-state index contributed by atoms with van der Waals surface area (Å²) in [6.45, 7) is 1.38. The zero-order valence-electron chi connectivity index (χ0n) is 14.7. The predicted octanol–water partition coefficient (Wildman–Crippen LogP) is 2.98. The zero-order valence-corrected chi connectivity index (χ0v) is 14.7. The van der Waals surface area contributed by atoms with Gasteiger partial charge in [-0.15, -0.1) is 0 Å². The Labute approximate surface area is 150 Å². The molecular formula is C20H17N3O3. The van der Waals surface area contributed by atoms with E-state index >= 15 is 0 Å². The molecule has 0 N–H and O–H groups in total. The molecule has 0 saturated heterocycles. The number of nitrogens with zero attached hydrogens (tertiary/aromatic N) is 3. The fraction of sp³-hybridized carbons (Fsp3) is 0.150. The van der Waals surface area contributed by atoms with Crippen LogP contribution in [0, 0.1) is 0 Å². The number of benzene rings is 2. The van der Waals surface area contributed by atoms with Crippen LogP contribution in [0.4, 0.5) is 5.69 Å². The topological polar surface area (TPSA) is 64.4 Å². The number of fused-ring (bicyclic) bond motifs is 2. The summed E-state index contributed by atoms with van der Waals surface area (Å²) in [6.07, 6.45) is 1.74. The molecule has 0 unspecified atom stereocenters. The Hall–Kier alpha value is -3.41. The molecule has 2 heterocycles. The van der Waals surface area contributed by atoms with E-state index in [1.807, 2.05) is 41.9 Å². The van der Waals surface area contributed by atoms with Crippen LogP contribution in [-0.2, 0) is 21.4 Å². The molecule has 4 rings (SSSR count). The Kier molecular flexibility index (Phi) is 3.61. The van der Waals surface area contributed by atoms with Crippen molar-refractivity contribution in [3.05, 3.63) is 59.9 Å². The van der Waals surface area contributed by atoms with E-state index in [0.29, 0.717) is 22.6 Å². The fourth-order valence-corrected chi connectivity index (χ4v) is 3.39. The number of rotatable bonds is 2. The van der Waals surface area contributed by atoms with Gasteiger partial charge in [0.05, 0.1) is 35.7 Å². The van der Waals surface area contributed by atoms with Crippen molar-refractivity contribution in [2.75, 3.05) is 12.0 Å². The summed E-state index contributed by atoms with van der Waals surface area (Å²) in [5.74, 6) is -0.275. The molecule has 2 amide bonds. The Balaban J connectivity index is 1.97. The standard InChI is InChI=1S/C20H17N3O3/c1-12(24)23-16-7-5-4-6-14(16)18(20(23)25)19(26-3)13-8-9-17-15(10-13)21-11-22(17)2/h4-11H,1-3H3. The smallest absolute Gasteiger partial charge is 0.269 e. The lowest BCUT2D eigenvalue weighted by Crippen LogP contribution is -2.31. The highest BCUT2D eigenvalue weighted by Crippen LogP contribution is 2.41. The van der Waals surface area contributed by atoms with Crippen LogP contribution < -0.4 is 4.90 Å². The summed E-state index contributed by atoms with van der Waals surface area (Å²) < 4.78 is 7.54. The van der Waals surface area contributed by atoms with Crippen LogP contribution in [0.15, 0.2) is 48.8 Å². The first-order chi connectivity index (χ1) is 12.5. The number of aryl methyl sites for hydroxylation is 1. The van der Waals surface area contributed by atoms with Crippen molar-refractivity contribution < 1.29 is 14.3 Å². The maximum Gasteiger partial charge on any atom is 0.269 e. The number of hydrogen-bond acceptors (Lipinski definition) is 4. The second-order valence-corrected chi connectivity index (χ2v) is 6.14. The molecule has 0 aliphatic carbocycles. The van der Waals surface area contributed by atoms with Crippen LogP contribution in [0.25, 0.3) is 22.4 Å². The first kappa shape index (κ1) is 16.1. The average molecular weight is 347 g/mol. The molecule has 1 aliphatic rings. The van der Waals surface area contributed by atoms with Gasteiger partial charge in [0.1, 0.15) is 5.76 Å². The van der Waals surface area contributed by atoms with Gasteiger partial charge >= 0.3 is 0 Å². The predicted molar refractivity (Wildman–Crippen MR) is 99.1 cm³/mol. The normalized spacial score (nSPS) is 15.3. The van der Waals surface area contributed by atoms with Crippen molar-refractivity contribution in [3.63, 3.8) is 0 Å². The van der Waals surface area contributed by atoms with Crippen molar-refractivity contribution >= 4 is 39.9 Å². The Bertz CT molecular complexity index is 1090. The Morgan fingerprint density at radius 2 is 1.92 bits per heavy atom. The lowest BCUT2D eigenvalue weighted by atomic mass is 10.0. The molecule has 0 fully saturated rings. The SMILES string of the molecule is COC(=C1C(=O)N(C(C)=O)c2ccccc21)c1ccc2c(c1)ncn2C. The number of carbonyl (C=O) groups excluding carboxylic acids is 2. The third-order valence-corrected chi connectivity index (χ3v) is 4.56. The van der Waals surface area contributed by atoms with Crippen molar-refractivity contribution in [2.24, 2.45) is 7.05 Å². The number of imidazole rings is 1. The van der Waals surface area contributed by atoms with Gasteiger partial charge in [-0.05, 0) is 24.3 Å². The molecular weight excluding hydrogens is 330 g/mol. The van der Waals surface area contributed by atoms with E-state index in [1.54, 1.807) is 18.5 Å². The van der Waals surface area contributed by atoms with Crippen LogP contribution in [0.5, 0.6) is 0 Å². The van der Waals surface area contributed by atoms with Crippen molar-refractivity contribution in [2.45, 2.75) is 6.92 Å². The van der Waals surface area contributed by atoms with Crippen LogP contribution in [-0.4, -0.2) is 28.5 Å². The number of ether oxygens (including phenoxy) is 1. The van der Waals surface area contributed by atoms with Gasteiger partial charge in [-0.25, -0.2) is 9.88 Å². The van der Waals surface area contributed by atoms with Gasteiger partial charge < -0.3 is 9.30 Å². The number of methoxy groups -OCH3 is 1. The summed E-state index contributed by atoms with van der Waals surface area (Å²) in [5, 5.41) is 0. The lowest BCUT2D eigenvalue weighted by Gasteiger charge is -2.12. The van der Waals surface area contributed by atoms with Gasteiger partial charge in [0.2, 0.25) is 5.91 Å². The van der Waals surface area contributed by atoms with Crippen LogP contribution >= 0.6 is 0 Å². The molecule has 2 aromatic carbocycles. The average Bonchev–Trinajstić information content (AvgIpc) is 3.14. The number of imide groups is 1. The van der Waals surface area contributed by atoms with Crippen molar-refractivity contribution in [1.82, 2.24) is 9.55 Å². The number of para-hydroxylation sites is 1. The second kappa shape index (κ2) is 5.84. The molecule has 0 spiro atoms. The number of anilines is 1. The molecule has 0 atom stereocenters. The van der Waals surface area contributed by atoms with Crippen LogP contribution in [0.1, 0.15) is 18.1 Å². The first-order valence-electron chi connectivity index (χ1n) is 8.17. The minimum absolute atomic E-state index is 0.326. The number of carbonyl (C=O) groups is 2.